The molecule has 0 fully saturated rings. The molecule has 1 aromatic heterocycles. The third-order valence-electron chi connectivity index (χ3n) is 3.54. The second kappa shape index (κ2) is 9.84. The molecule has 0 spiro atoms. The molecule has 0 unspecified atom stereocenters. The highest BCUT2D eigenvalue weighted by Gasteiger charge is 2.04. The summed E-state index contributed by atoms with van der Waals surface area (Å²) in [7, 11) is 0. The molecule has 25 heavy (non-hydrogen) atoms. The number of fused-ring (bicyclic) bond motifs is 1. The Kier molecular flexibility index (Phi) is 8.15. The molecule has 5 nitrogen and oxygen atoms in total. The average Bonchev–Trinajstić information content (AvgIpc) is 3.01. The molecule has 4 N–H and O–H groups in total. The Morgan fingerprint density at radius 2 is 1.80 bits per heavy atom. The standard InChI is InChI=1S/C18H18N4O.2ClH/c19-11-12-20-18(23)14-8-5-13(6-9-14)7-10-17-15-3-1-2-4-16(15)21-22-17;;/h1-10H,11-12,19H2,(H,20,23)(H,21,22);2*1H/b10-7+;;. The summed E-state index contributed by atoms with van der Waals surface area (Å²) in [5.41, 5.74) is 8.91. The molecule has 0 saturated carbocycles. The zero-order chi connectivity index (χ0) is 16.1. The van der Waals surface area contributed by atoms with Crippen molar-refractivity contribution >= 4 is 53.8 Å². The Bertz CT molecular complexity index is 844. The van der Waals surface area contributed by atoms with Crippen LogP contribution < -0.4 is 11.1 Å². The van der Waals surface area contributed by atoms with Crippen molar-refractivity contribution in [1.82, 2.24) is 15.5 Å². The summed E-state index contributed by atoms with van der Waals surface area (Å²) >= 11 is 0. The van der Waals surface area contributed by atoms with Gasteiger partial charge in [0, 0.05) is 24.0 Å². The molecule has 0 bridgehead atoms. The smallest absolute Gasteiger partial charge is 0.251 e. The van der Waals surface area contributed by atoms with Crippen molar-refractivity contribution < 1.29 is 4.79 Å². The minimum atomic E-state index is -0.107. The van der Waals surface area contributed by atoms with E-state index in [1.807, 2.05) is 48.6 Å². The Morgan fingerprint density at radius 3 is 2.52 bits per heavy atom. The van der Waals surface area contributed by atoms with Crippen LogP contribution in [0.2, 0.25) is 0 Å². The van der Waals surface area contributed by atoms with Gasteiger partial charge in [0.25, 0.3) is 5.91 Å². The predicted octanol–water partition coefficient (Wildman–Crippen LogP) is 3.27. The second-order valence-corrected chi connectivity index (χ2v) is 5.15. The molecule has 2 aromatic carbocycles. The first-order valence-electron chi connectivity index (χ1n) is 7.47. The highest BCUT2D eigenvalue weighted by Crippen LogP contribution is 2.17. The lowest BCUT2D eigenvalue weighted by molar-refractivity contribution is 0.0955. The van der Waals surface area contributed by atoms with Crippen molar-refractivity contribution in [3.05, 3.63) is 65.4 Å². The van der Waals surface area contributed by atoms with Gasteiger partial charge >= 0.3 is 0 Å². The van der Waals surface area contributed by atoms with Crippen LogP contribution in [0, 0.1) is 0 Å². The number of carbonyl (C=O) groups excluding carboxylic acids is 1. The summed E-state index contributed by atoms with van der Waals surface area (Å²) < 4.78 is 0. The third-order valence-corrected chi connectivity index (χ3v) is 3.54. The van der Waals surface area contributed by atoms with Crippen LogP contribution in [0.3, 0.4) is 0 Å². The number of benzene rings is 2. The fourth-order valence-electron chi connectivity index (χ4n) is 2.32. The van der Waals surface area contributed by atoms with Gasteiger partial charge in [-0.25, -0.2) is 0 Å². The monoisotopic (exact) mass is 378 g/mol. The van der Waals surface area contributed by atoms with Crippen LogP contribution in [-0.4, -0.2) is 29.2 Å². The van der Waals surface area contributed by atoms with Gasteiger partial charge in [-0.15, -0.1) is 24.8 Å². The van der Waals surface area contributed by atoms with Gasteiger partial charge in [-0.3, -0.25) is 9.89 Å². The quantitative estimate of drug-likeness (QED) is 0.636. The molecule has 0 atom stereocenters. The minimum absolute atomic E-state index is 0. The maximum Gasteiger partial charge on any atom is 0.251 e. The molecule has 7 heteroatoms. The third kappa shape index (κ3) is 5.06. The molecule has 3 aromatic rings. The van der Waals surface area contributed by atoms with Gasteiger partial charge in [0.15, 0.2) is 0 Å². The van der Waals surface area contributed by atoms with Crippen molar-refractivity contribution in [3.63, 3.8) is 0 Å². The Balaban J connectivity index is 0.00000156. The van der Waals surface area contributed by atoms with E-state index >= 15 is 0 Å². The highest BCUT2D eigenvalue weighted by molar-refractivity contribution is 5.94. The number of carbonyl (C=O) groups is 1. The summed E-state index contributed by atoms with van der Waals surface area (Å²) in [4.78, 5) is 11.8. The maximum atomic E-state index is 11.8. The first kappa shape index (κ1) is 20.7. The summed E-state index contributed by atoms with van der Waals surface area (Å²) in [5.74, 6) is -0.107. The van der Waals surface area contributed by atoms with Crippen LogP contribution in [-0.2, 0) is 0 Å². The number of nitrogens with zero attached hydrogens (tertiary/aromatic N) is 1. The highest BCUT2D eigenvalue weighted by atomic mass is 35.5. The van der Waals surface area contributed by atoms with Crippen molar-refractivity contribution in [1.29, 1.82) is 0 Å². The number of rotatable bonds is 5. The van der Waals surface area contributed by atoms with E-state index < -0.39 is 0 Å². The molecule has 132 valence electrons. The number of halogens is 2. The van der Waals surface area contributed by atoms with Gasteiger partial charge in [0.2, 0.25) is 0 Å². The number of aromatic nitrogens is 2. The van der Waals surface area contributed by atoms with E-state index in [-0.39, 0.29) is 30.7 Å². The summed E-state index contributed by atoms with van der Waals surface area (Å²) in [6.07, 6.45) is 3.94. The first-order valence-corrected chi connectivity index (χ1v) is 7.47. The van der Waals surface area contributed by atoms with E-state index in [9.17, 15) is 4.79 Å². The fourth-order valence-corrected chi connectivity index (χ4v) is 2.32. The van der Waals surface area contributed by atoms with Crippen LogP contribution >= 0.6 is 24.8 Å². The van der Waals surface area contributed by atoms with Crippen molar-refractivity contribution in [2.24, 2.45) is 5.73 Å². The summed E-state index contributed by atoms with van der Waals surface area (Å²) in [6.45, 7) is 0.914. The van der Waals surface area contributed by atoms with Crippen molar-refractivity contribution in [2.75, 3.05) is 13.1 Å². The summed E-state index contributed by atoms with van der Waals surface area (Å²) in [6, 6.07) is 15.4. The van der Waals surface area contributed by atoms with E-state index in [2.05, 4.69) is 15.5 Å². The number of hydrogen-bond acceptors (Lipinski definition) is 3. The lowest BCUT2D eigenvalue weighted by atomic mass is 10.1. The zero-order valence-electron chi connectivity index (χ0n) is 13.4. The van der Waals surface area contributed by atoms with Gasteiger partial charge in [0.05, 0.1) is 11.2 Å². The van der Waals surface area contributed by atoms with Crippen molar-refractivity contribution in [3.8, 4) is 0 Å². The average molecular weight is 379 g/mol. The van der Waals surface area contributed by atoms with E-state index in [1.165, 1.54) is 0 Å². The van der Waals surface area contributed by atoms with E-state index in [1.54, 1.807) is 12.1 Å². The van der Waals surface area contributed by atoms with Crippen molar-refractivity contribution in [2.45, 2.75) is 0 Å². The number of para-hydroxylation sites is 1. The molecule has 0 saturated heterocycles. The lowest BCUT2D eigenvalue weighted by Gasteiger charge is -2.03. The lowest BCUT2D eigenvalue weighted by Crippen LogP contribution is -2.28. The van der Waals surface area contributed by atoms with Gasteiger partial charge < -0.3 is 11.1 Å². The largest absolute Gasteiger partial charge is 0.351 e. The molecule has 3 rings (SSSR count). The fraction of sp³-hybridized carbons (Fsp3) is 0.111. The van der Waals surface area contributed by atoms with Crippen LogP contribution in [0.4, 0.5) is 0 Å². The minimum Gasteiger partial charge on any atom is -0.351 e. The van der Waals surface area contributed by atoms with Gasteiger partial charge in [-0.1, -0.05) is 36.4 Å². The van der Waals surface area contributed by atoms with E-state index in [4.69, 9.17) is 5.73 Å². The molecule has 0 aliphatic rings. The maximum absolute atomic E-state index is 11.8. The Hall–Kier alpha value is -2.34. The molecule has 0 aliphatic heterocycles. The van der Waals surface area contributed by atoms with Crippen LogP contribution in [0.25, 0.3) is 23.1 Å². The normalized spacial score (nSPS) is 10.3. The molecular weight excluding hydrogens is 359 g/mol. The summed E-state index contributed by atoms with van der Waals surface area (Å²) in [5, 5.41) is 11.1. The first-order chi connectivity index (χ1) is 11.3. The molecule has 1 amide bonds. The van der Waals surface area contributed by atoms with E-state index in [0.717, 1.165) is 22.2 Å². The predicted molar refractivity (Wildman–Crippen MR) is 107 cm³/mol. The SMILES string of the molecule is Cl.Cl.NCCNC(=O)c1ccc(/C=C/c2n[nH]c3ccccc23)cc1. The topological polar surface area (TPSA) is 83.8 Å². The molecule has 0 aliphatic carbocycles. The van der Waals surface area contributed by atoms with Gasteiger partial charge in [-0.05, 0) is 29.8 Å². The second-order valence-electron chi connectivity index (χ2n) is 5.15. The Morgan fingerprint density at radius 1 is 1.08 bits per heavy atom. The zero-order valence-corrected chi connectivity index (χ0v) is 15.1. The van der Waals surface area contributed by atoms with Crippen LogP contribution in [0.15, 0.2) is 48.5 Å². The number of amides is 1. The van der Waals surface area contributed by atoms with Gasteiger partial charge in [-0.2, -0.15) is 5.10 Å². The van der Waals surface area contributed by atoms with Crippen LogP contribution in [0.1, 0.15) is 21.6 Å². The molecule has 1 heterocycles. The van der Waals surface area contributed by atoms with Gasteiger partial charge in [0.1, 0.15) is 0 Å². The van der Waals surface area contributed by atoms with E-state index in [0.29, 0.717) is 18.7 Å². The molecule has 0 radical (unpaired) electrons. The molecular formula is C18H20Cl2N4O. The number of hydrogen-bond donors (Lipinski definition) is 3. The number of nitrogens with one attached hydrogen (secondary N) is 2. The number of H-pyrrole nitrogens is 1. The Labute approximate surface area is 158 Å². The number of aromatic amines is 1. The van der Waals surface area contributed by atoms with Crippen LogP contribution in [0.5, 0.6) is 0 Å². The number of nitrogens with two attached hydrogens (primary N) is 1.